The Morgan fingerprint density at radius 3 is 0.929 bits per heavy atom. The topological polar surface area (TPSA) is 9.23 Å². The normalized spacial score (nSPS) is 12.1. The second-order valence-corrected chi connectivity index (χ2v) is 21.5. The van der Waals surface area contributed by atoms with Crippen molar-refractivity contribution in [1.29, 1.82) is 0 Å². The molecule has 4 aromatic carbocycles. The van der Waals surface area contributed by atoms with Crippen molar-refractivity contribution in [3.05, 3.63) is 115 Å². The fraction of sp³-hybridized carbons (Fsp3) is 0.385. The first-order chi connectivity index (χ1) is 19.5. The standard InChI is InChI=1S/C39H50GeOSi/c1-23-15-27(5)35(28(6)16-23)40(36-29(7)17-24(2)18-30(36)8)39(13,14)41-42(37-31(9)19-25(3)20-32(37)10)38-33(11)21-26(4)22-34(38)12/h15-22H,1-14H3. The zero-order valence-electron chi connectivity index (χ0n) is 28.5. The molecule has 0 aromatic heterocycles. The Bertz CT molecular complexity index is 1450. The summed E-state index contributed by atoms with van der Waals surface area (Å²) in [5.74, 6) is 0. The van der Waals surface area contributed by atoms with Gasteiger partial charge in [-0.05, 0) is 0 Å². The van der Waals surface area contributed by atoms with E-state index in [2.05, 4.69) is 145 Å². The van der Waals surface area contributed by atoms with Crippen molar-refractivity contribution in [3.63, 3.8) is 0 Å². The average Bonchev–Trinajstić information content (AvgIpc) is 2.80. The van der Waals surface area contributed by atoms with E-state index in [-0.39, 0.29) is 4.43 Å². The maximum absolute atomic E-state index is 7.84. The molecule has 42 heavy (non-hydrogen) atoms. The fourth-order valence-corrected chi connectivity index (χ4v) is 18.5. The SMILES string of the molecule is Cc1cc(C)c([Si](O[C](C)(C)[Ge]([c]2c(C)cc(C)cc2C)[c]2c(C)cc(C)cc2C)c2c(C)cc(C)cc2C)c(C)c1. The van der Waals surface area contributed by atoms with E-state index in [0.717, 1.165) is 0 Å². The molecule has 2 radical (unpaired) electrons. The van der Waals surface area contributed by atoms with Gasteiger partial charge >= 0.3 is 264 Å². The summed E-state index contributed by atoms with van der Waals surface area (Å²) in [7, 11) is -1.59. The Kier molecular flexibility index (Phi) is 9.52. The van der Waals surface area contributed by atoms with E-state index < -0.39 is 23.4 Å². The molecule has 0 atom stereocenters. The minimum atomic E-state index is -2.34. The number of benzene rings is 4. The van der Waals surface area contributed by atoms with Gasteiger partial charge < -0.3 is 0 Å². The summed E-state index contributed by atoms with van der Waals surface area (Å²) in [6.45, 7) is 32.1. The van der Waals surface area contributed by atoms with Gasteiger partial charge in [0.15, 0.2) is 0 Å². The fourth-order valence-electron chi connectivity index (χ4n) is 7.49. The van der Waals surface area contributed by atoms with Crippen molar-refractivity contribution >= 4 is 42.6 Å². The second kappa shape index (κ2) is 12.3. The maximum atomic E-state index is 7.84. The van der Waals surface area contributed by atoms with Crippen LogP contribution < -0.4 is 19.2 Å². The van der Waals surface area contributed by atoms with Crippen LogP contribution in [0.2, 0.25) is 0 Å². The van der Waals surface area contributed by atoms with E-state index in [4.69, 9.17) is 4.43 Å². The average molecular weight is 636 g/mol. The van der Waals surface area contributed by atoms with Gasteiger partial charge in [0.2, 0.25) is 0 Å². The van der Waals surface area contributed by atoms with Crippen LogP contribution in [0, 0.1) is 83.1 Å². The molecule has 0 heterocycles. The van der Waals surface area contributed by atoms with Crippen molar-refractivity contribution in [2.75, 3.05) is 0 Å². The molecule has 4 rings (SSSR count). The molecule has 1 nitrogen and oxygen atoms in total. The Morgan fingerprint density at radius 1 is 0.429 bits per heavy atom. The number of aryl methyl sites for hydroxylation is 12. The zero-order valence-corrected chi connectivity index (χ0v) is 31.6. The van der Waals surface area contributed by atoms with E-state index in [9.17, 15) is 0 Å². The van der Waals surface area contributed by atoms with Gasteiger partial charge in [0.25, 0.3) is 0 Å². The van der Waals surface area contributed by atoms with E-state index >= 15 is 0 Å². The van der Waals surface area contributed by atoms with Gasteiger partial charge in [-0.25, -0.2) is 0 Å². The summed E-state index contributed by atoms with van der Waals surface area (Å²) in [5, 5.41) is 2.84. The third-order valence-corrected chi connectivity index (χ3v) is 20.4. The summed E-state index contributed by atoms with van der Waals surface area (Å²) in [4.78, 5) is 0. The molecule has 0 fully saturated rings. The molecule has 0 bridgehead atoms. The molecule has 0 aliphatic carbocycles. The molecular formula is C39H50GeOSi. The van der Waals surface area contributed by atoms with Crippen LogP contribution in [0.15, 0.2) is 48.5 Å². The Balaban J connectivity index is 2.04. The van der Waals surface area contributed by atoms with Crippen LogP contribution in [0.1, 0.15) is 80.6 Å². The molecule has 0 aliphatic rings. The summed E-state index contributed by atoms with van der Waals surface area (Å²) in [5.41, 5.74) is 16.4. The molecule has 4 aromatic rings. The van der Waals surface area contributed by atoms with Crippen LogP contribution in [-0.4, -0.2) is 27.8 Å². The molecule has 0 saturated carbocycles. The summed E-state index contributed by atoms with van der Waals surface area (Å²) < 4.78 is 10.7. The molecule has 0 spiro atoms. The van der Waals surface area contributed by atoms with Gasteiger partial charge in [-0.2, -0.15) is 0 Å². The number of rotatable bonds is 7. The van der Waals surface area contributed by atoms with Crippen molar-refractivity contribution in [1.82, 2.24) is 0 Å². The third-order valence-electron chi connectivity index (χ3n) is 8.62. The van der Waals surface area contributed by atoms with Gasteiger partial charge in [0.1, 0.15) is 0 Å². The summed E-state index contributed by atoms with van der Waals surface area (Å²) >= 11 is -2.34. The Labute approximate surface area is 262 Å². The molecule has 0 unspecified atom stereocenters. The van der Waals surface area contributed by atoms with Crippen LogP contribution in [0.25, 0.3) is 0 Å². The van der Waals surface area contributed by atoms with E-state index in [1.807, 2.05) is 0 Å². The monoisotopic (exact) mass is 636 g/mol. The predicted octanol–water partition coefficient (Wildman–Crippen LogP) is 7.14. The van der Waals surface area contributed by atoms with Gasteiger partial charge in [-0.3, -0.25) is 0 Å². The summed E-state index contributed by atoms with van der Waals surface area (Å²) in [6, 6.07) is 18.9. The predicted molar refractivity (Wildman–Crippen MR) is 188 cm³/mol. The van der Waals surface area contributed by atoms with Gasteiger partial charge in [-0.15, -0.1) is 0 Å². The molecule has 0 aliphatic heterocycles. The Morgan fingerprint density at radius 2 is 0.667 bits per heavy atom. The molecule has 0 amide bonds. The molecule has 220 valence electrons. The van der Waals surface area contributed by atoms with E-state index in [1.165, 1.54) is 77.1 Å². The quantitative estimate of drug-likeness (QED) is 0.196. The number of hydrogen-bond acceptors (Lipinski definition) is 1. The molecule has 0 saturated heterocycles. The van der Waals surface area contributed by atoms with Crippen LogP contribution in [-0.2, 0) is 4.43 Å². The van der Waals surface area contributed by atoms with Gasteiger partial charge in [-0.1, -0.05) is 0 Å². The van der Waals surface area contributed by atoms with Crippen LogP contribution in [0.4, 0.5) is 0 Å². The van der Waals surface area contributed by atoms with E-state index in [0.29, 0.717) is 0 Å². The summed E-state index contributed by atoms with van der Waals surface area (Å²) in [6.07, 6.45) is 0. The van der Waals surface area contributed by atoms with Gasteiger partial charge in [0, 0.05) is 0 Å². The van der Waals surface area contributed by atoms with Crippen molar-refractivity contribution < 1.29 is 4.43 Å². The number of hydrogen-bond donors (Lipinski definition) is 0. The first-order valence-corrected chi connectivity index (χ1v) is 19.8. The van der Waals surface area contributed by atoms with Crippen LogP contribution >= 0.6 is 0 Å². The third kappa shape index (κ3) is 6.42. The van der Waals surface area contributed by atoms with E-state index in [1.54, 1.807) is 8.79 Å². The van der Waals surface area contributed by atoms with Crippen molar-refractivity contribution in [3.8, 4) is 0 Å². The first-order valence-electron chi connectivity index (χ1n) is 15.3. The van der Waals surface area contributed by atoms with Crippen molar-refractivity contribution in [2.45, 2.75) is 101 Å². The first kappa shape index (κ1) is 32.5. The van der Waals surface area contributed by atoms with Crippen molar-refractivity contribution in [2.24, 2.45) is 0 Å². The zero-order chi connectivity index (χ0) is 31.3. The Hall–Kier alpha value is -2.40. The van der Waals surface area contributed by atoms with Crippen LogP contribution in [0.5, 0.6) is 0 Å². The van der Waals surface area contributed by atoms with Gasteiger partial charge in [0.05, 0.1) is 0 Å². The second-order valence-electron chi connectivity index (χ2n) is 13.4. The molecule has 3 heteroatoms. The van der Waals surface area contributed by atoms with Crippen LogP contribution in [0.3, 0.4) is 0 Å². The molecule has 0 N–H and O–H groups in total. The molecular weight excluding hydrogens is 585 g/mol. The minimum absolute atomic E-state index is 0.322.